The zero-order valence-corrected chi connectivity index (χ0v) is 14.9. The van der Waals surface area contributed by atoms with Crippen molar-refractivity contribution in [2.75, 3.05) is 26.7 Å². The first-order valence-corrected chi connectivity index (χ1v) is 8.54. The van der Waals surface area contributed by atoms with Gasteiger partial charge in [0.15, 0.2) is 0 Å². The number of benzene rings is 1. The maximum absolute atomic E-state index is 12.0. The van der Waals surface area contributed by atoms with Crippen LogP contribution in [0, 0.1) is 5.92 Å². The molecule has 0 radical (unpaired) electrons. The van der Waals surface area contributed by atoms with Crippen molar-refractivity contribution >= 4 is 6.09 Å². The van der Waals surface area contributed by atoms with Crippen molar-refractivity contribution in [2.24, 2.45) is 5.92 Å². The van der Waals surface area contributed by atoms with E-state index in [0.29, 0.717) is 5.92 Å². The van der Waals surface area contributed by atoms with E-state index in [4.69, 9.17) is 4.74 Å². The lowest BCUT2D eigenvalue weighted by molar-refractivity contribution is 0.0249. The van der Waals surface area contributed by atoms with Gasteiger partial charge in [0.05, 0.1) is 0 Å². The molecule has 0 bridgehead atoms. The predicted octanol–water partition coefficient (Wildman–Crippen LogP) is 3.77. The Balaban J connectivity index is 1.73. The van der Waals surface area contributed by atoms with Gasteiger partial charge in [-0.3, -0.25) is 4.90 Å². The Hall–Kier alpha value is -1.55. The molecule has 1 amide bonds. The molecule has 4 heteroatoms. The van der Waals surface area contributed by atoms with E-state index in [0.717, 1.165) is 39.0 Å². The molecule has 0 N–H and O–H groups in total. The third kappa shape index (κ3) is 6.22. The number of piperidine rings is 1. The fourth-order valence-corrected chi connectivity index (χ4v) is 2.97. The lowest BCUT2D eigenvalue weighted by Gasteiger charge is -2.34. The van der Waals surface area contributed by atoms with E-state index in [-0.39, 0.29) is 6.09 Å². The molecule has 1 aliphatic rings. The first-order chi connectivity index (χ1) is 10.8. The number of carbonyl (C=O) groups is 1. The number of hydrogen-bond acceptors (Lipinski definition) is 3. The fourth-order valence-electron chi connectivity index (χ4n) is 2.97. The Bertz CT molecular complexity index is 488. The van der Waals surface area contributed by atoms with Gasteiger partial charge in [-0.25, -0.2) is 4.79 Å². The maximum atomic E-state index is 12.0. The van der Waals surface area contributed by atoms with Crippen molar-refractivity contribution in [3.63, 3.8) is 0 Å². The number of carbonyl (C=O) groups excluding carboxylic acids is 1. The van der Waals surface area contributed by atoms with E-state index in [1.54, 1.807) is 4.90 Å². The second-order valence-electron chi connectivity index (χ2n) is 7.57. The molecule has 0 aliphatic carbocycles. The Morgan fingerprint density at radius 2 is 1.83 bits per heavy atom. The van der Waals surface area contributed by atoms with Crippen LogP contribution >= 0.6 is 0 Å². The van der Waals surface area contributed by atoms with Gasteiger partial charge in [0.2, 0.25) is 0 Å². The number of ether oxygens (including phenoxy) is 1. The van der Waals surface area contributed by atoms with Gasteiger partial charge in [0.1, 0.15) is 5.60 Å². The third-order valence-corrected chi connectivity index (χ3v) is 4.19. The molecular formula is C19H30N2O2. The Morgan fingerprint density at radius 1 is 1.22 bits per heavy atom. The molecule has 1 aromatic rings. The summed E-state index contributed by atoms with van der Waals surface area (Å²) >= 11 is 0. The molecule has 0 atom stereocenters. The van der Waals surface area contributed by atoms with Crippen molar-refractivity contribution in [3.05, 3.63) is 35.9 Å². The first kappa shape index (κ1) is 17.8. The minimum absolute atomic E-state index is 0.218. The second kappa shape index (κ2) is 7.82. The van der Waals surface area contributed by atoms with Crippen molar-refractivity contribution < 1.29 is 9.53 Å². The minimum atomic E-state index is -0.426. The normalized spacial score (nSPS) is 17.0. The number of hydrogen-bond donors (Lipinski definition) is 0. The van der Waals surface area contributed by atoms with E-state index < -0.39 is 5.60 Å². The maximum Gasteiger partial charge on any atom is 0.410 e. The first-order valence-electron chi connectivity index (χ1n) is 8.54. The van der Waals surface area contributed by atoms with E-state index in [1.807, 2.05) is 27.8 Å². The number of likely N-dealkylation sites (tertiary alicyclic amines) is 1. The van der Waals surface area contributed by atoms with Gasteiger partial charge in [-0.1, -0.05) is 30.3 Å². The molecule has 2 rings (SSSR count). The van der Waals surface area contributed by atoms with Gasteiger partial charge in [0, 0.05) is 20.1 Å². The number of rotatable bonds is 4. The SMILES string of the molecule is CN(CC1CCN(Cc2ccccc2)CC1)C(=O)OC(C)(C)C. The van der Waals surface area contributed by atoms with Crippen molar-refractivity contribution in [1.82, 2.24) is 9.80 Å². The average molecular weight is 318 g/mol. The fraction of sp³-hybridized carbons (Fsp3) is 0.632. The van der Waals surface area contributed by atoms with Crippen LogP contribution in [0.2, 0.25) is 0 Å². The van der Waals surface area contributed by atoms with E-state index in [9.17, 15) is 4.79 Å². The monoisotopic (exact) mass is 318 g/mol. The Labute approximate surface area is 140 Å². The summed E-state index contributed by atoms with van der Waals surface area (Å²) in [4.78, 5) is 16.3. The number of nitrogens with zero attached hydrogens (tertiary/aromatic N) is 2. The topological polar surface area (TPSA) is 32.8 Å². The molecule has 128 valence electrons. The smallest absolute Gasteiger partial charge is 0.410 e. The van der Waals surface area contributed by atoms with Crippen LogP contribution in [0.4, 0.5) is 4.79 Å². The summed E-state index contributed by atoms with van der Waals surface area (Å²) in [5.41, 5.74) is 0.946. The zero-order chi connectivity index (χ0) is 16.9. The van der Waals surface area contributed by atoms with Crippen LogP contribution in [0.3, 0.4) is 0 Å². The van der Waals surface area contributed by atoms with Crippen LogP contribution in [-0.2, 0) is 11.3 Å². The molecule has 1 saturated heterocycles. The van der Waals surface area contributed by atoms with Gasteiger partial charge in [0.25, 0.3) is 0 Å². The summed E-state index contributed by atoms with van der Waals surface area (Å²) in [5, 5.41) is 0. The predicted molar refractivity (Wildman–Crippen MR) is 93.3 cm³/mol. The summed E-state index contributed by atoms with van der Waals surface area (Å²) < 4.78 is 5.42. The van der Waals surface area contributed by atoms with E-state index in [1.165, 1.54) is 5.56 Å². The molecule has 23 heavy (non-hydrogen) atoms. The molecule has 0 unspecified atom stereocenters. The highest BCUT2D eigenvalue weighted by atomic mass is 16.6. The largest absolute Gasteiger partial charge is 0.444 e. The van der Waals surface area contributed by atoms with Gasteiger partial charge >= 0.3 is 6.09 Å². The minimum Gasteiger partial charge on any atom is -0.444 e. The van der Waals surface area contributed by atoms with E-state index in [2.05, 4.69) is 35.2 Å². The highest BCUT2D eigenvalue weighted by molar-refractivity contribution is 5.67. The molecule has 1 fully saturated rings. The summed E-state index contributed by atoms with van der Waals surface area (Å²) in [6.07, 6.45) is 2.06. The quantitative estimate of drug-likeness (QED) is 0.847. The summed E-state index contributed by atoms with van der Waals surface area (Å²) in [7, 11) is 1.84. The molecule has 1 aliphatic heterocycles. The van der Waals surface area contributed by atoms with Gasteiger partial charge in [-0.15, -0.1) is 0 Å². The third-order valence-electron chi connectivity index (χ3n) is 4.19. The summed E-state index contributed by atoms with van der Waals surface area (Å²) in [5.74, 6) is 0.569. The molecular weight excluding hydrogens is 288 g/mol. The van der Waals surface area contributed by atoms with Crippen LogP contribution in [0.5, 0.6) is 0 Å². The van der Waals surface area contributed by atoms with Crippen molar-refractivity contribution in [2.45, 2.75) is 45.8 Å². The lowest BCUT2D eigenvalue weighted by Crippen LogP contribution is -2.40. The van der Waals surface area contributed by atoms with Crippen LogP contribution in [0.25, 0.3) is 0 Å². The lowest BCUT2D eigenvalue weighted by atomic mass is 9.96. The van der Waals surface area contributed by atoms with Crippen LogP contribution in [0.15, 0.2) is 30.3 Å². The van der Waals surface area contributed by atoms with Gasteiger partial charge < -0.3 is 9.64 Å². The van der Waals surface area contributed by atoms with Crippen LogP contribution in [0.1, 0.15) is 39.2 Å². The molecule has 1 heterocycles. The highest BCUT2D eigenvalue weighted by Gasteiger charge is 2.24. The zero-order valence-electron chi connectivity index (χ0n) is 14.9. The Morgan fingerprint density at radius 3 is 2.39 bits per heavy atom. The standard InChI is InChI=1S/C19H30N2O2/c1-19(2,3)23-18(22)20(4)14-17-10-12-21(13-11-17)15-16-8-6-5-7-9-16/h5-9,17H,10-15H2,1-4H3. The molecule has 4 nitrogen and oxygen atoms in total. The summed E-state index contributed by atoms with van der Waals surface area (Å²) in [6.45, 7) is 9.72. The molecule has 0 saturated carbocycles. The van der Waals surface area contributed by atoms with Crippen LogP contribution in [-0.4, -0.2) is 48.2 Å². The van der Waals surface area contributed by atoms with Gasteiger partial charge in [-0.05, 0) is 58.2 Å². The average Bonchev–Trinajstić information content (AvgIpc) is 2.48. The highest BCUT2D eigenvalue weighted by Crippen LogP contribution is 2.20. The second-order valence-corrected chi connectivity index (χ2v) is 7.57. The summed E-state index contributed by atoms with van der Waals surface area (Å²) in [6, 6.07) is 10.6. The van der Waals surface area contributed by atoms with Crippen molar-refractivity contribution in [3.8, 4) is 0 Å². The molecule has 0 spiro atoms. The molecule has 0 aromatic heterocycles. The van der Waals surface area contributed by atoms with E-state index >= 15 is 0 Å². The van der Waals surface area contributed by atoms with Crippen molar-refractivity contribution in [1.29, 1.82) is 0 Å². The molecule has 1 aromatic carbocycles. The number of amides is 1. The van der Waals surface area contributed by atoms with Gasteiger partial charge in [-0.2, -0.15) is 0 Å². The Kier molecular flexibility index (Phi) is 6.05. The van der Waals surface area contributed by atoms with Crippen LogP contribution < -0.4 is 0 Å².